The Balaban J connectivity index is 2.57. The molecule has 0 spiro atoms. The average molecular weight is 300 g/mol. The minimum atomic E-state index is -0.190. The zero-order valence-corrected chi connectivity index (χ0v) is 12.0. The number of rotatable bonds is 5. The predicted octanol–water partition coefficient (Wildman–Crippen LogP) is 3.05. The topological polar surface area (TPSA) is 38.3 Å². The lowest BCUT2D eigenvalue weighted by molar-refractivity contribution is -0.141. The molecule has 1 aromatic rings. The van der Waals surface area contributed by atoms with Crippen LogP contribution in [0.2, 0.25) is 0 Å². The van der Waals surface area contributed by atoms with Crippen molar-refractivity contribution in [1.29, 1.82) is 0 Å². The second-order valence-corrected chi connectivity index (χ2v) is 4.95. The molecular weight excluding hydrogens is 282 g/mol. The first-order valence-corrected chi connectivity index (χ1v) is 6.41. The molecule has 94 valence electrons. The summed E-state index contributed by atoms with van der Waals surface area (Å²) in [6, 6.07) is 8.33. The van der Waals surface area contributed by atoms with Gasteiger partial charge in [-0.05, 0) is 25.5 Å². The second-order valence-electron chi connectivity index (χ2n) is 4.09. The van der Waals surface area contributed by atoms with Gasteiger partial charge in [0.2, 0.25) is 0 Å². The fraction of sp³-hybridized carbons (Fsp3) is 0.462. The van der Waals surface area contributed by atoms with Gasteiger partial charge in [0.05, 0.1) is 13.5 Å². The van der Waals surface area contributed by atoms with Crippen LogP contribution in [0.3, 0.4) is 0 Å². The molecular formula is C13H18BrNO2. The molecule has 0 aliphatic carbocycles. The molecule has 3 nitrogen and oxygen atoms in total. The maximum atomic E-state index is 11.1. The summed E-state index contributed by atoms with van der Waals surface area (Å²) in [4.78, 5) is 11.1. The van der Waals surface area contributed by atoms with E-state index in [0.717, 1.165) is 4.47 Å². The molecule has 1 unspecified atom stereocenters. The monoisotopic (exact) mass is 299 g/mol. The van der Waals surface area contributed by atoms with E-state index >= 15 is 0 Å². The molecule has 0 heterocycles. The third-order valence-corrected chi connectivity index (χ3v) is 3.33. The van der Waals surface area contributed by atoms with E-state index in [1.807, 2.05) is 25.1 Å². The van der Waals surface area contributed by atoms with Crippen molar-refractivity contribution in [2.24, 2.45) is 0 Å². The van der Waals surface area contributed by atoms with Gasteiger partial charge in [-0.15, -0.1) is 0 Å². The quantitative estimate of drug-likeness (QED) is 0.849. The number of esters is 1. The highest BCUT2D eigenvalue weighted by Gasteiger charge is 2.14. The summed E-state index contributed by atoms with van der Waals surface area (Å²) in [5, 5.41) is 3.37. The zero-order valence-electron chi connectivity index (χ0n) is 10.4. The van der Waals surface area contributed by atoms with Crippen LogP contribution in [0.25, 0.3) is 0 Å². The summed E-state index contributed by atoms with van der Waals surface area (Å²) in [5.74, 6) is -0.190. The number of halogens is 1. The molecule has 1 aromatic carbocycles. The highest BCUT2D eigenvalue weighted by molar-refractivity contribution is 9.10. The van der Waals surface area contributed by atoms with Crippen LogP contribution in [0.15, 0.2) is 28.7 Å². The van der Waals surface area contributed by atoms with Gasteiger partial charge in [0.15, 0.2) is 0 Å². The molecule has 17 heavy (non-hydrogen) atoms. The van der Waals surface area contributed by atoms with Gasteiger partial charge in [-0.1, -0.05) is 34.1 Å². The van der Waals surface area contributed by atoms with Crippen molar-refractivity contribution in [3.63, 3.8) is 0 Å². The third-order valence-electron chi connectivity index (χ3n) is 2.61. The van der Waals surface area contributed by atoms with E-state index in [0.29, 0.717) is 6.42 Å². The Morgan fingerprint density at radius 1 is 1.41 bits per heavy atom. The Morgan fingerprint density at radius 2 is 2.06 bits per heavy atom. The first kappa shape index (κ1) is 14.2. The van der Waals surface area contributed by atoms with Crippen LogP contribution in [-0.2, 0) is 9.53 Å². The number of ether oxygens (including phenoxy) is 1. The Morgan fingerprint density at radius 3 is 2.65 bits per heavy atom. The second kappa shape index (κ2) is 6.77. The van der Waals surface area contributed by atoms with E-state index in [2.05, 4.69) is 39.0 Å². The van der Waals surface area contributed by atoms with Crippen LogP contribution in [0.1, 0.15) is 31.9 Å². The SMILES string of the molecule is COC(=O)CC(C)N[C@H](C)c1ccccc1Br. The van der Waals surface area contributed by atoms with Crippen LogP contribution >= 0.6 is 15.9 Å². The summed E-state index contributed by atoms with van der Waals surface area (Å²) >= 11 is 3.52. The van der Waals surface area contributed by atoms with Crippen LogP contribution in [0.5, 0.6) is 0 Å². The Bertz CT molecular complexity index is 381. The van der Waals surface area contributed by atoms with Gasteiger partial charge in [-0.3, -0.25) is 4.79 Å². The molecule has 0 aliphatic heterocycles. The van der Waals surface area contributed by atoms with Gasteiger partial charge < -0.3 is 10.1 Å². The highest BCUT2D eigenvalue weighted by Crippen LogP contribution is 2.23. The molecule has 0 aliphatic rings. The standard InChI is InChI=1S/C13H18BrNO2/c1-9(8-13(16)17-3)15-10(2)11-6-4-5-7-12(11)14/h4-7,9-10,15H,8H2,1-3H3/t9?,10-/m1/s1. The molecule has 0 saturated heterocycles. The van der Waals surface area contributed by atoms with Gasteiger partial charge in [0, 0.05) is 16.6 Å². The zero-order chi connectivity index (χ0) is 12.8. The van der Waals surface area contributed by atoms with Crippen molar-refractivity contribution in [2.45, 2.75) is 32.4 Å². The van der Waals surface area contributed by atoms with Crippen molar-refractivity contribution in [1.82, 2.24) is 5.32 Å². The molecule has 0 radical (unpaired) electrons. The summed E-state index contributed by atoms with van der Waals surface area (Å²) in [5.41, 5.74) is 1.18. The molecule has 0 fully saturated rings. The van der Waals surface area contributed by atoms with Crippen LogP contribution in [0, 0.1) is 0 Å². The van der Waals surface area contributed by atoms with E-state index in [1.54, 1.807) is 0 Å². The number of nitrogens with one attached hydrogen (secondary N) is 1. The lowest BCUT2D eigenvalue weighted by Gasteiger charge is -2.20. The highest BCUT2D eigenvalue weighted by atomic mass is 79.9. The lowest BCUT2D eigenvalue weighted by Crippen LogP contribution is -2.31. The van der Waals surface area contributed by atoms with Crippen molar-refractivity contribution in [3.8, 4) is 0 Å². The van der Waals surface area contributed by atoms with Gasteiger partial charge in [0.25, 0.3) is 0 Å². The normalized spacial score (nSPS) is 14.1. The molecule has 2 atom stereocenters. The lowest BCUT2D eigenvalue weighted by atomic mass is 10.1. The van der Waals surface area contributed by atoms with Gasteiger partial charge in [-0.2, -0.15) is 0 Å². The molecule has 1 rings (SSSR count). The smallest absolute Gasteiger partial charge is 0.307 e. The van der Waals surface area contributed by atoms with Gasteiger partial charge in [0.1, 0.15) is 0 Å². The first-order valence-electron chi connectivity index (χ1n) is 5.62. The molecule has 4 heteroatoms. The number of benzene rings is 1. The van der Waals surface area contributed by atoms with Crippen molar-refractivity contribution in [2.75, 3.05) is 7.11 Å². The maximum absolute atomic E-state index is 11.1. The van der Waals surface area contributed by atoms with Crippen LogP contribution in [-0.4, -0.2) is 19.1 Å². The van der Waals surface area contributed by atoms with Crippen molar-refractivity contribution >= 4 is 21.9 Å². The van der Waals surface area contributed by atoms with E-state index in [4.69, 9.17) is 0 Å². The number of carbonyl (C=O) groups excluding carboxylic acids is 1. The largest absolute Gasteiger partial charge is 0.469 e. The van der Waals surface area contributed by atoms with E-state index in [1.165, 1.54) is 12.7 Å². The minimum Gasteiger partial charge on any atom is -0.469 e. The Kier molecular flexibility index (Phi) is 5.65. The molecule has 0 bridgehead atoms. The van der Waals surface area contributed by atoms with Crippen LogP contribution < -0.4 is 5.32 Å². The molecule has 0 aromatic heterocycles. The fourth-order valence-electron chi connectivity index (χ4n) is 1.74. The fourth-order valence-corrected chi connectivity index (χ4v) is 2.36. The van der Waals surface area contributed by atoms with E-state index in [-0.39, 0.29) is 18.1 Å². The summed E-state index contributed by atoms with van der Waals surface area (Å²) in [6.07, 6.45) is 0.380. The third kappa shape index (κ3) is 4.48. The van der Waals surface area contributed by atoms with Gasteiger partial charge >= 0.3 is 5.97 Å². The summed E-state index contributed by atoms with van der Waals surface area (Å²) in [7, 11) is 1.41. The van der Waals surface area contributed by atoms with Gasteiger partial charge in [-0.25, -0.2) is 0 Å². The number of hydrogen-bond donors (Lipinski definition) is 1. The minimum absolute atomic E-state index is 0.0876. The molecule has 0 saturated carbocycles. The Hall–Kier alpha value is -0.870. The van der Waals surface area contributed by atoms with E-state index in [9.17, 15) is 4.79 Å². The predicted molar refractivity (Wildman–Crippen MR) is 71.8 cm³/mol. The number of carbonyl (C=O) groups is 1. The van der Waals surface area contributed by atoms with Crippen molar-refractivity contribution < 1.29 is 9.53 Å². The van der Waals surface area contributed by atoms with Crippen molar-refractivity contribution in [3.05, 3.63) is 34.3 Å². The molecule has 1 N–H and O–H groups in total. The number of methoxy groups -OCH3 is 1. The number of hydrogen-bond acceptors (Lipinski definition) is 3. The first-order chi connectivity index (χ1) is 8.04. The Labute approximate surface area is 111 Å². The van der Waals surface area contributed by atoms with E-state index < -0.39 is 0 Å². The summed E-state index contributed by atoms with van der Waals surface area (Å²) < 4.78 is 5.72. The summed E-state index contributed by atoms with van der Waals surface area (Å²) in [6.45, 7) is 4.05. The van der Waals surface area contributed by atoms with Crippen LogP contribution in [0.4, 0.5) is 0 Å². The average Bonchev–Trinajstić information content (AvgIpc) is 2.29. The maximum Gasteiger partial charge on any atom is 0.307 e. The molecule has 0 amide bonds.